The van der Waals surface area contributed by atoms with Crippen LogP contribution in [0.5, 0.6) is 5.88 Å². The molecule has 1 aromatic heterocycles. The molecule has 180 valence electrons. The maximum Gasteiger partial charge on any atom is 0.410 e. The van der Waals surface area contributed by atoms with Gasteiger partial charge in [0.2, 0.25) is 5.88 Å². The van der Waals surface area contributed by atoms with Crippen molar-refractivity contribution in [2.75, 3.05) is 25.0 Å². The van der Waals surface area contributed by atoms with Crippen LogP contribution in [0.4, 0.5) is 26.4 Å². The normalized spacial score (nSPS) is 21.6. The Labute approximate surface area is 199 Å². The maximum absolute atomic E-state index is 14.3. The molecule has 1 saturated carbocycles. The van der Waals surface area contributed by atoms with E-state index in [1.165, 1.54) is 18.5 Å². The van der Waals surface area contributed by atoms with Crippen molar-refractivity contribution >= 4 is 23.3 Å². The first-order valence-corrected chi connectivity index (χ1v) is 11.5. The molecule has 34 heavy (non-hydrogen) atoms. The topological polar surface area (TPSA) is 80.9 Å². The molecule has 1 aliphatic carbocycles. The van der Waals surface area contributed by atoms with Crippen molar-refractivity contribution in [2.45, 2.75) is 46.1 Å². The summed E-state index contributed by atoms with van der Waals surface area (Å²) in [5.74, 6) is 1.43. The number of fused-ring (bicyclic) bond motifs is 2. The smallest absolute Gasteiger partial charge is 0.410 e. The molecule has 1 aliphatic heterocycles. The summed E-state index contributed by atoms with van der Waals surface area (Å²) in [6.45, 7) is 16.3. The first-order valence-electron chi connectivity index (χ1n) is 11.5. The minimum absolute atomic E-state index is 0.229. The van der Waals surface area contributed by atoms with Gasteiger partial charge in [-0.1, -0.05) is 6.07 Å². The number of piperidine rings is 1. The highest BCUT2D eigenvalue weighted by Crippen LogP contribution is 2.42. The van der Waals surface area contributed by atoms with Crippen molar-refractivity contribution < 1.29 is 18.7 Å². The molecule has 2 fully saturated rings. The van der Waals surface area contributed by atoms with Crippen molar-refractivity contribution in [1.82, 2.24) is 14.9 Å². The fourth-order valence-corrected chi connectivity index (χ4v) is 4.77. The first-order chi connectivity index (χ1) is 16.1. The van der Waals surface area contributed by atoms with Gasteiger partial charge in [-0.2, -0.15) is 0 Å². The van der Waals surface area contributed by atoms with E-state index < -0.39 is 11.4 Å². The number of hydrogen-bond donors (Lipinski definition) is 1. The van der Waals surface area contributed by atoms with Gasteiger partial charge in [0.05, 0.1) is 24.4 Å². The van der Waals surface area contributed by atoms with Crippen LogP contribution in [0, 0.1) is 37.1 Å². The Hall–Kier alpha value is -3.41. The summed E-state index contributed by atoms with van der Waals surface area (Å²) in [5, 5.41) is 2.97. The number of nitrogens with zero attached hydrogens (tertiary/aromatic N) is 4. The zero-order valence-corrected chi connectivity index (χ0v) is 20.0. The molecule has 2 bridgehead atoms. The average Bonchev–Trinajstić information content (AvgIpc) is 3.00. The van der Waals surface area contributed by atoms with Crippen LogP contribution in [0.25, 0.3) is 4.85 Å². The summed E-state index contributed by atoms with van der Waals surface area (Å²) < 4.78 is 26.0. The van der Waals surface area contributed by atoms with Gasteiger partial charge in [0.25, 0.3) is 0 Å². The van der Waals surface area contributed by atoms with Crippen molar-refractivity contribution in [2.24, 2.45) is 17.8 Å². The fraction of sp³-hybridized carbons (Fsp3) is 0.520. The minimum Gasteiger partial charge on any atom is -0.477 e. The highest BCUT2D eigenvalue weighted by atomic mass is 19.1. The number of anilines is 2. The second-order valence-electron chi connectivity index (χ2n) is 10.0. The van der Waals surface area contributed by atoms with Crippen molar-refractivity contribution in [3.05, 3.63) is 47.3 Å². The lowest BCUT2D eigenvalue weighted by Crippen LogP contribution is -2.48. The fourth-order valence-electron chi connectivity index (χ4n) is 4.77. The molecule has 2 aliphatic rings. The Bertz CT molecular complexity index is 1100. The van der Waals surface area contributed by atoms with Gasteiger partial charge in [0.1, 0.15) is 23.6 Å². The SMILES string of the molecule is [C-]#[N+]c1ccc(Nc2ncnc(OCC3C4CCC3CN(C(=O)OC(C)(C)C)C4)c2C)c(F)c1. The highest BCUT2D eigenvalue weighted by molar-refractivity contribution is 5.68. The second kappa shape index (κ2) is 9.45. The van der Waals surface area contributed by atoms with Crippen LogP contribution >= 0.6 is 0 Å². The molecule has 8 nitrogen and oxygen atoms in total. The van der Waals surface area contributed by atoms with E-state index in [-0.39, 0.29) is 17.5 Å². The summed E-state index contributed by atoms with van der Waals surface area (Å²) in [7, 11) is 0. The molecule has 0 radical (unpaired) electrons. The van der Waals surface area contributed by atoms with Crippen molar-refractivity contribution in [3.8, 4) is 5.88 Å². The molecular formula is C25H30FN5O3. The lowest BCUT2D eigenvalue weighted by atomic mass is 9.86. The predicted octanol–water partition coefficient (Wildman–Crippen LogP) is 5.49. The number of nitrogens with one attached hydrogen (secondary N) is 1. The predicted molar refractivity (Wildman–Crippen MR) is 126 cm³/mol. The summed E-state index contributed by atoms with van der Waals surface area (Å²) in [6, 6.07) is 4.25. The zero-order chi connectivity index (χ0) is 24.5. The number of hydrogen-bond acceptors (Lipinski definition) is 6. The maximum atomic E-state index is 14.3. The van der Waals surface area contributed by atoms with Gasteiger partial charge in [0.15, 0.2) is 5.69 Å². The number of halogens is 1. The minimum atomic E-state index is -0.526. The molecule has 4 rings (SSSR count). The number of ether oxygens (including phenoxy) is 2. The quantitative estimate of drug-likeness (QED) is 0.586. The van der Waals surface area contributed by atoms with E-state index in [1.807, 2.05) is 32.6 Å². The van der Waals surface area contributed by atoms with Crippen LogP contribution in [-0.2, 0) is 4.74 Å². The number of benzene rings is 1. The van der Waals surface area contributed by atoms with Gasteiger partial charge in [-0.15, -0.1) is 0 Å². The molecule has 1 amide bonds. The van der Waals surface area contributed by atoms with Crippen LogP contribution in [0.2, 0.25) is 0 Å². The van der Waals surface area contributed by atoms with Gasteiger partial charge in [-0.05, 0) is 64.5 Å². The molecule has 1 N–H and O–H groups in total. The molecule has 2 aromatic rings. The first kappa shape index (κ1) is 23.7. The van der Waals surface area contributed by atoms with Crippen LogP contribution < -0.4 is 10.1 Å². The Morgan fingerprint density at radius 2 is 1.97 bits per heavy atom. The summed E-state index contributed by atoms with van der Waals surface area (Å²) in [5.41, 5.74) is 0.634. The Morgan fingerprint density at radius 1 is 1.26 bits per heavy atom. The Kier molecular flexibility index (Phi) is 6.60. The van der Waals surface area contributed by atoms with E-state index in [0.29, 0.717) is 54.7 Å². The summed E-state index contributed by atoms with van der Waals surface area (Å²) in [6.07, 6.45) is 3.26. The van der Waals surface area contributed by atoms with Gasteiger partial charge in [-0.3, -0.25) is 0 Å². The largest absolute Gasteiger partial charge is 0.477 e. The number of carbonyl (C=O) groups excluding carboxylic acids is 1. The van der Waals surface area contributed by atoms with Gasteiger partial charge in [0, 0.05) is 19.0 Å². The molecule has 9 heteroatoms. The third-order valence-corrected chi connectivity index (χ3v) is 6.47. The van der Waals surface area contributed by atoms with Gasteiger partial charge in [-0.25, -0.2) is 24.0 Å². The number of amides is 1. The standard InChI is InChI=1S/C25H30FN5O3/c1-15-22(30-21-9-8-18(27-5)10-20(21)26)28-14-29-23(15)33-13-19-16-6-7-17(19)12-31(11-16)24(32)34-25(2,3)4/h8-10,14,16-17,19H,6-7,11-13H2,1-4H3,(H,28,29,30). The molecule has 1 saturated heterocycles. The van der Waals surface area contributed by atoms with Crippen LogP contribution in [0.15, 0.2) is 24.5 Å². The summed E-state index contributed by atoms with van der Waals surface area (Å²) in [4.78, 5) is 26.1. The highest BCUT2D eigenvalue weighted by Gasteiger charge is 2.44. The summed E-state index contributed by atoms with van der Waals surface area (Å²) >= 11 is 0. The van der Waals surface area contributed by atoms with Gasteiger partial charge < -0.3 is 19.7 Å². The van der Waals surface area contributed by atoms with E-state index in [0.717, 1.165) is 12.8 Å². The van der Waals surface area contributed by atoms with Crippen LogP contribution in [0.1, 0.15) is 39.2 Å². The van der Waals surface area contributed by atoms with Crippen molar-refractivity contribution in [1.29, 1.82) is 0 Å². The third-order valence-electron chi connectivity index (χ3n) is 6.47. The van der Waals surface area contributed by atoms with E-state index >= 15 is 0 Å². The molecular weight excluding hydrogens is 437 g/mol. The van der Waals surface area contributed by atoms with E-state index in [9.17, 15) is 9.18 Å². The Morgan fingerprint density at radius 3 is 2.59 bits per heavy atom. The van der Waals surface area contributed by atoms with Crippen LogP contribution in [-0.4, -0.2) is 46.3 Å². The molecule has 2 heterocycles. The lowest BCUT2D eigenvalue weighted by molar-refractivity contribution is 0.00314. The zero-order valence-electron chi connectivity index (χ0n) is 20.0. The molecule has 0 spiro atoms. The Balaban J connectivity index is 1.39. The average molecular weight is 468 g/mol. The second-order valence-corrected chi connectivity index (χ2v) is 10.0. The van der Waals surface area contributed by atoms with E-state index in [1.54, 1.807) is 6.07 Å². The number of likely N-dealkylation sites (tertiary alicyclic amines) is 1. The monoisotopic (exact) mass is 467 g/mol. The molecule has 2 unspecified atom stereocenters. The van der Waals surface area contributed by atoms with E-state index in [2.05, 4.69) is 20.1 Å². The molecule has 2 atom stereocenters. The number of carbonyl (C=O) groups is 1. The number of rotatable bonds is 5. The third kappa shape index (κ3) is 5.22. The lowest BCUT2D eigenvalue weighted by Gasteiger charge is -2.38. The van der Waals surface area contributed by atoms with Gasteiger partial charge >= 0.3 is 6.09 Å². The van der Waals surface area contributed by atoms with Crippen LogP contribution in [0.3, 0.4) is 0 Å². The van der Waals surface area contributed by atoms with E-state index in [4.69, 9.17) is 16.0 Å². The number of aromatic nitrogens is 2. The van der Waals surface area contributed by atoms with Crippen molar-refractivity contribution in [3.63, 3.8) is 0 Å². The molecule has 1 aromatic carbocycles.